The van der Waals surface area contributed by atoms with Gasteiger partial charge in [-0.2, -0.15) is 4.98 Å². The van der Waals surface area contributed by atoms with Crippen molar-refractivity contribution in [3.05, 3.63) is 46.3 Å². The topological polar surface area (TPSA) is 77.8 Å². The molecule has 0 aliphatic carbocycles. The number of benzene rings is 1. The number of thiazole rings is 1. The molecule has 3 aromatic rings. The van der Waals surface area contributed by atoms with E-state index in [1.165, 1.54) is 35.2 Å². The molecule has 2 heterocycles. The molecule has 5 nitrogen and oxygen atoms in total. The summed E-state index contributed by atoms with van der Waals surface area (Å²) in [5, 5.41) is 6.55. The fraction of sp³-hybridized carbons (Fsp3) is 0.154. The largest absolute Gasteiger partial charge is 0.332 e. The van der Waals surface area contributed by atoms with Gasteiger partial charge in [-0.25, -0.2) is 9.37 Å². The van der Waals surface area contributed by atoms with Crippen molar-refractivity contribution in [2.24, 2.45) is 5.73 Å². The Bertz CT molecular complexity index is 743. The molecule has 0 amide bonds. The number of nitrogens with two attached hydrogens (primary N) is 1. The molecular formula is C13H11FN4OS2. The van der Waals surface area contributed by atoms with Crippen molar-refractivity contribution < 1.29 is 8.91 Å². The molecule has 0 saturated heterocycles. The van der Waals surface area contributed by atoms with Crippen LogP contribution in [-0.2, 0) is 12.3 Å². The molecule has 0 unspecified atom stereocenters. The first-order chi connectivity index (χ1) is 10.2. The molecule has 0 atom stereocenters. The zero-order valence-corrected chi connectivity index (χ0v) is 12.5. The Kier molecular flexibility index (Phi) is 4.28. The maximum Gasteiger partial charge on any atom is 0.277 e. The third-order valence-corrected chi connectivity index (χ3v) is 4.44. The molecule has 3 rings (SSSR count). The van der Waals surface area contributed by atoms with Gasteiger partial charge in [0.05, 0.1) is 5.75 Å². The van der Waals surface area contributed by atoms with Gasteiger partial charge < -0.3 is 10.3 Å². The molecular weight excluding hydrogens is 311 g/mol. The second-order valence-electron chi connectivity index (χ2n) is 4.09. The summed E-state index contributed by atoms with van der Waals surface area (Å²) < 4.78 is 18.2. The lowest BCUT2D eigenvalue weighted by molar-refractivity contribution is 0.424. The van der Waals surface area contributed by atoms with Gasteiger partial charge >= 0.3 is 0 Å². The first-order valence-electron chi connectivity index (χ1n) is 6.10. The minimum atomic E-state index is -0.259. The van der Waals surface area contributed by atoms with E-state index in [2.05, 4.69) is 15.1 Å². The highest BCUT2D eigenvalue weighted by atomic mass is 32.2. The molecule has 8 heteroatoms. The average Bonchev–Trinajstić information content (AvgIpc) is 3.14. The molecule has 2 N–H and O–H groups in total. The van der Waals surface area contributed by atoms with Crippen LogP contribution >= 0.6 is 23.1 Å². The monoisotopic (exact) mass is 322 g/mol. The summed E-state index contributed by atoms with van der Waals surface area (Å²) in [5.74, 6) is 1.16. The second-order valence-corrected chi connectivity index (χ2v) is 6.08. The summed E-state index contributed by atoms with van der Waals surface area (Å²) in [6, 6.07) is 6.39. The van der Waals surface area contributed by atoms with Crippen LogP contribution in [0.25, 0.3) is 11.6 Å². The summed E-state index contributed by atoms with van der Waals surface area (Å²) in [4.78, 5) is 9.38. The van der Waals surface area contributed by atoms with Crippen molar-refractivity contribution in [1.29, 1.82) is 0 Å². The Morgan fingerprint density at radius 2 is 2.24 bits per heavy atom. The van der Waals surface area contributed by atoms with Crippen LogP contribution in [0.1, 0.15) is 10.8 Å². The third kappa shape index (κ3) is 3.46. The number of hydrogen-bond donors (Lipinski definition) is 1. The van der Waals surface area contributed by atoms with Crippen LogP contribution in [0.15, 0.2) is 39.1 Å². The third-order valence-electron chi connectivity index (χ3n) is 2.58. The van der Waals surface area contributed by atoms with Gasteiger partial charge in [-0.05, 0) is 18.2 Å². The Morgan fingerprint density at radius 1 is 1.33 bits per heavy atom. The summed E-state index contributed by atoms with van der Waals surface area (Å²) in [5.41, 5.74) is 6.15. The van der Waals surface area contributed by atoms with Crippen molar-refractivity contribution in [2.75, 3.05) is 0 Å². The molecule has 0 fully saturated rings. The van der Waals surface area contributed by atoms with Crippen LogP contribution in [0.2, 0.25) is 0 Å². The maximum atomic E-state index is 13.1. The highest BCUT2D eigenvalue weighted by molar-refractivity contribution is 7.98. The van der Waals surface area contributed by atoms with Crippen LogP contribution in [0.5, 0.6) is 0 Å². The quantitative estimate of drug-likeness (QED) is 0.727. The minimum absolute atomic E-state index is 0.259. The van der Waals surface area contributed by atoms with Crippen molar-refractivity contribution in [3.63, 3.8) is 0 Å². The Balaban J connectivity index is 1.67. The van der Waals surface area contributed by atoms with E-state index >= 15 is 0 Å². The highest BCUT2D eigenvalue weighted by Crippen LogP contribution is 2.24. The number of hydrogen-bond acceptors (Lipinski definition) is 7. The van der Waals surface area contributed by atoms with Gasteiger partial charge in [-0.1, -0.05) is 11.2 Å². The lowest BCUT2D eigenvalue weighted by Crippen LogP contribution is -1.94. The van der Waals surface area contributed by atoms with E-state index in [4.69, 9.17) is 10.3 Å². The number of thioether (sulfide) groups is 1. The molecule has 0 spiro atoms. The first kappa shape index (κ1) is 14.2. The standard InChI is InChI=1S/C13H11FN4OS2/c14-8-2-1-3-9(4-8)20-7-11-17-13(19-18-11)10-6-21-12(5-15)16-10/h1-4,6H,5,7,15H2. The SMILES string of the molecule is NCc1nc(-c2nc(CSc3cccc(F)c3)no2)cs1. The van der Waals surface area contributed by atoms with Gasteiger partial charge in [-0.15, -0.1) is 23.1 Å². The van der Waals surface area contributed by atoms with Gasteiger partial charge in [0, 0.05) is 16.8 Å². The molecule has 1 aromatic carbocycles. The zero-order chi connectivity index (χ0) is 14.7. The molecule has 108 valence electrons. The number of aromatic nitrogens is 3. The van der Waals surface area contributed by atoms with Gasteiger partial charge in [0.15, 0.2) is 5.82 Å². The van der Waals surface area contributed by atoms with E-state index in [-0.39, 0.29) is 5.82 Å². The van der Waals surface area contributed by atoms with E-state index in [0.717, 1.165) is 9.90 Å². The van der Waals surface area contributed by atoms with Gasteiger partial charge in [0.25, 0.3) is 5.89 Å². The van der Waals surface area contributed by atoms with Gasteiger partial charge in [-0.3, -0.25) is 0 Å². The van der Waals surface area contributed by atoms with E-state index in [1.807, 2.05) is 11.4 Å². The van der Waals surface area contributed by atoms with E-state index < -0.39 is 0 Å². The van der Waals surface area contributed by atoms with Gasteiger partial charge in [0.2, 0.25) is 0 Å². The molecule has 2 aromatic heterocycles. The molecule has 0 radical (unpaired) electrons. The van der Waals surface area contributed by atoms with Gasteiger partial charge in [0.1, 0.15) is 16.5 Å². The summed E-state index contributed by atoms with van der Waals surface area (Å²) in [6.45, 7) is 0.390. The Morgan fingerprint density at radius 3 is 3.00 bits per heavy atom. The smallest absolute Gasteiger partial charge is 0.277 e. The molecule has 0 bridgehead atoms. The summed E-state index contributed by atoms with van der Waals surface area (Å²) in [6.07, 6.45) is 0. The number of nitrogens with zero attached hydrogens (tertiary/aromatic N) is 3. The van der Waals surface area contributed by atoms with Crippen molar-refractivity contribution in [3.8, 4) is 11.6 Å². The highest BCUT2D eigenvalue weighted by Gasteiger charge is 2.12. The summed E-state index contributed by atoms with van der Waals surface area (Å²) >= 11 is 2.90. The van der Waals surface area contributed by atoms with E-state index in [9.17, 15) is 4.39 Å². The predicted octanol–water partition coefficient (Wildman–Crippen LogP) is 3.08. The van der Waals surface area contributed by atoms with E-state index in [1.54, 1.807) is 6.07 Å². The number of halogens is 1. The molecule has 0 saturated carbocycles. The van der Waals surface area contributed by atoms with Crippen LogP contribution in [0, 0.1) is 5.82 Å². The van der Waals surface area contributed by atoms with Crippen LogP contribution < -0.4 is 5.73 Å². The molecule has 21 heavy (non-hydrogen) atoms. The molecule has 0 aliphatic heterocycles. The fourth-order valence-corrected chi connectivity index (χ4v) is 3.06. The Hall–Kier alpha value is -1.77. The van der Waals surface area contributed by atoms with Crippen LogP contribution in [0.3, 0.4) is 0 Å². The predicted molar refractivity (Wildman–Crippen MR) is 79.3 cm³/mol. The van der Waals surface area contributed by atoms with Crippen molar-refractivity contribution in [2.45, 2.75) is 17.2 Å². The van der Waals surface area contributed by atoms with E-state index in [0.29, 0.717) is 29.7 Å². The Labute approximate surface area is 128 Å². The molecule has 0 aliphatic rings. The lowest BCUT2D eigenvalue weighted by atomic mass is 10.4. The van der Waals surface area contributed by atoms with Crippen molar-refractivity contribution in [1.82, 2.24) is 15.1 Å². The summed E-state index contributed by atoms with van der Waals surface area (Å²) in [7, 11) is 0. The lowest BCUT2D eigenvalue weighted by Gasteiger charge is -1.97. The minimum Gasteiger partial charge on any atom is -0.332 e. The van der Waals surface area contributed by atoms with Crippen LogP contribution in [0.4, 0.5) is 4.39 Å². The normalized spacial score (nSPS) is 11.0. The second kappa shape index (κ2) is 6.33. The average molecular weight is 322 g/mol. The van der Waals surface area contributed by atoms with Crippen LogP contribution in [-0.4, -0.2) is 15.1 Å². The maximum absolute atomic E-state index is 13.1. The fourth-order valence-electron chi connectivity index (χ4n) is 1.62. The van der Waals surface area contributed by atoms with Crippen molar-refractivity contribution >= 4 is 23.1 Å². The zero-order valence-electron chi connectivity index (χ0n) is 10.8. The first-order valence-corrected chi connectivity index (χ1v) is 7.97. The number of rotatable bonds is 5.